The molecule has 3 aromatic heterocycles. The van der Waals surface area contributed by atoms with Crippen LogP contribution in [0.1, 0.15) is 23.3 Å². The van der Waals surface area contributed by atoms with E-state index >= 15 is 0 Å². The molecule has 8 bridgehead atoms. The first kappa shape index (κ1) is 30.6. The predicted octanol–water partition coefficient (Wildman–Crippen LogP) is 9.49. The molecule has 0 aliphatic carbocycles. The van der Waals surface area contributed by atoms with E-state index in [1.165, 1.54) is 0 Å². The van der Waals surface area contributed by atoms with E-state index in [0.29, 0.717) is 11.6 Å². The first-order chi connectivity index (χ1) is 21.8. The molecule has 20 heteroatoms. The molecule has 0 atom stereocenters. The second kappa shape index (κ2) is 13.4. The average Bonchev–Trinajstić information content (AvgIpc) is 3.41. The largest absolute Gasteiger partial charge is 0.323 e. The molecule has 0 spiro atoms. The Hall–Kier alpha value is 0.520. The van der Waals surface area contributed by atoms with Crippen molar-refractivity contribution in [3.8, 4) is 0 Å². The standard InChI is InChI=1S/C24H18N8S12/c1-33-2-38-10-9(37-1)17-25-18(10)30-20-13-14(42-6-35-5-41-13)22(27-20)32-24-16-15(43-7-36-8-44-16)23(28-24)31-21-12-11(19(26-21)29-17)39-3-34-4-40-12/h1-8H2,(H2,25,26,27,28,29,30,31,32). The van der Waals surface area contributed by atoms with Crippen molar-refractivity contribution in [2.75, 3.05) is 40.7 Å². The fourth-order valence-corrected chi connectivity index (χ4v) is 19.7. The van der Waals surface area contributed by atoms with Gasteiger partial charge in [-0.05, 0) is 0 Å². The van der Waals surface area contributed by atoms with Crippen molar-refractivity contribution in [1.29, 1.82) is 0 Å². The van der Waals surface area contributed by atoms with Gasteiger partial charge >= 0.3 is 0 Å². The van der Waals surface area contributed by atoms with E-state index in [0.717, 1.165) is 114 Å². The fraction of sp³-hybridized carbons (Fsp3) is 0.333. The van der Waals surface area contributed by atoms with E-state index in [9.17, 15) is 0 Å². The van der Waals surface area contributed by atoms with E-state index in [4.69, 9.17) is 29.9 Å². The van der Waals surface area contributed by atoms with E-state index in [1.807, 2.05) is 141 Å². The third-order valence-corrected chi connectivity index (χ3v) is 21.6. The highest BCUT2D eigenvalue weighted by molar-refractivity contribution is 8.30. The van der Waals surface area contributed by atoms with Crippen LogP contribution in [0.5, 0.6) is 0 Å². The third kappa shape index (κ3) is 5.79. The van der Waals surface area contributed by atoms with Gasteiger partial charge in [0, 0.05) is 40.7 Å². The molecule has 0 aromatic carbocycles. The molecular formula is C24H18N8S12. The maximum absolute atomic E-state index is 5.28. The number of nitrogens with one attached hydrogen (secondary N) is 2. The smallest absolute Gasteiger partial charge is 0.171 e. The number of nitrogens with zero attached hydrogens (tertiary/aromatic N) is 6. The number of H-pyrrole nitrogens is 2. The molecule has 6 aliphatic rings. The molecule has 0 amide bonds. The molecule has 9 rings (SSSR count). The minimum atomic E-state index is 0.709. The molecular weight excluding hydrogens is 785 g/mol. The van der Waals surface area contributed by atoms with E-state index in [-0.39, 0.29) is 0 Å². The summed E-state index contributed by atoms with van der Waals surface area (Å²) in [4.78, 5) is 47.4. The molecule has 3 aromatic rings. The average molecular weight is 803 g/mol. The van der Waals surface area contributed by atoms with Gasteiger partial charge in [0.1, 0.15) is 22.6 Å². The summed E-state index contributed by atoms with van der Waals surface area (Å²) in [5.74, 6) is 2.87. The number of fused-ring (bicyclic) bond motifs is 18. The highest BCUT2D eigenvalue weighted by Crippen LogP contribution is 2.51. The van der Waals surface area contributed by atoms with Gasteiger partial charge in [0.2, 0.25) is 0 Å². The lowest BCUT2D eigenvalue weighted by Gasteiger charge is -2.01. The topological polar surface area (TPSA) is 109 Å². The number of hydrogen-bond donors (Lipinski definition) is 2. The zero-order valence-corrected chi connectivity index (χ0v) is 32.0. The van der Waals surface area contributed by atoms with Gasteiger partial charge in [-0.15, -0.1) is 141 Å². The highest BCUT2D eigenvalue weighted by atomic mass is 32.2. The minimum absolute atomic E-state index is 0.709. The van der Waals surface area contributed by atoms with Crippen LogP contribution in [0.4, 0.5) is 0 Å². The first-order valence-corrected chi connectivity index (χ1v) is 25.4. The molecule has 0 saturated carbocycles. The lowest BCUT2D eigenvalue weighted by atomic mass is 10.4. The summed E-state index contributed by atoms with van der Waals surface area (Å²) in [7, 11) is 0. The molecule has 226 valence electrons. The Kier molecular flexibility index (Phi) is 9.34. The number of aromatic amines is 2. The SMILES string of the molecule is C1SCSC2=C(S1)c1nc3nc(nc4[nH]c(nc5[nH]c(nc2n1)c1c5SCSCS1)c1c4SCSCS1)C1=C3SCSCS1. The van der Waals surface area contributed by atoms with Gasteiger partial charge in [-0.3, -0.25) is 0 Å². The molecule has 0 unspecified atom stereocenters. The van der Waals surface area contributed by atoms with Gasteiger partial charge in [-0.2, -0.15) is 0 Å². The van der Waals surface area contributed by atoms with Crippen molar-refractivity contribution >= 4 is 183 Å². The van der Waals surface area contributed by atoms with Crippen molar-refractivity contribution in [2.24, 2.45) is 0 Å². The van der Waals surface area contributed by atoms with Gasteiger partial charge in [0.25, 0.3) is 0 Å². The van der Waals surface area contributed by atoms with Crippen LogP contribution < -0.4 is 0 Å². The first-order valence-electron chi connectivity index (χ1n) is 12.9. The van der Waals surface area contributed by atoms with Crippen LogP contribution in [0.15, 0.2) is 19.6 Å². The molecule has 8 nitrogen and oxygen atoms in total. The lowest BCUT2D eigenvalue weighted by molar-refractivity contribution is 1.06. The molecule has 9 heterocycles. The maximum atomic E-state index is 5.28. The van der Waals surface area contributed by atoms with Gasteiger partial charge in [0.05, 0.1) is 39.2 Å². The molecule has 44 heavy (non-hydrogen) atoms. The van der Waals surface area contributed by atoms with Gasteiger partial charge in [-0.1, -0.05) is 0 Å². The van der Waals surface area contributed by atoms with E-state index < -0.39 is 0 Å². The summed E-state index contributed by atoms with van der Waals surface area (Å²) in [5, 5.41) is 7.75. The zero-order chi connectivity index (χ0) is 29.0. The highest BCUT2D eigenvalue weighted by Gasteiger charge is 2.31. The molecule has 6 aliphatic heterocycles. The number of thioether (sulfide) groups is 12. The van der Waals surface area contributed by atoms with Crippen LogP contribution in [0.25, 0.3) is 42.2 Å². The Bertz CT molecular complexity index is 1790. The third-order valence-electron chi connectivity index (χ3n) is 6.56. The Morgan fingerprint density at radius 3 is 0.932 bits per heavy atom. The molecule has 2 N–H and O–H groups in total. The van der Waals surface area contributed by atoms with Crippen molar-refractivity contribution in [3.63, 3.8) is 0 Å². The number of hydrogen-bond acceptors (Lipinski definition) is 18. The normalized spacial score (nSPS) is 20.5. The molecule has 0 fully saturated rings. The van der Waals surface area contributed by atoms with E-state index in [1.54, 1.807) is 0 Å². The Balaban J connectivity index is 1.40. The van der Waals surface area contributed by atoms with Crippen molar-refractivity contribution in [1.82, 2.24) is 39.9 Å². The van der Waals surface area contributed by atoms with Crippen LogP contribution in [0, 0.1) is 0 Å². The zero-order valence-electron chi connectivity index (χ0n) is 22.2. The van der Waals surface area contributed by atoms with E-state index in [2.05, 4.69) is 9.97 Å². The molecule has 0 radical (unpaired) electrons. The quantitative estimate of drug-likeness (QED) is 0.225. The lowest BCUT2D eigenvalue weighted by Crippen LogP contribution is -1.92. The molecule has 0 saturated heterocycles. The summed E-state index contributed by atoms with van der Waals surface area (Å²) < 4.78 is 0. The Morgan fingerprint density at radius 2 is 0.591 bits per heavy atom. The second-order valence-electron chi connectivity index (χ2n) is 9.16. The van der Waals surface area contributed by atoms with Crippen LogP contribution in [-0.2, 0) is 0 Å². The number of rotatable bonds is 0. The van der Waals surface area contributed by atoms with Crippen molar-refractivity contribution in [3.05, 3.63) is 23.3 Å². The minimum Gasteiger partial charge on any atom is -0.323 e. The second-order valence-corrected chi connectivity index (χ2v) is 23.9. The van der Waals surface area contributed by atoms with Crippen LogP contribution in [0.2, 0.25) is 0 Å². The predicted molar refractivity (Wildman–Crippen MR) is 209 cm³/mol. The van der Waals surface area contributed by atoms with Crippen LogP contribution in [-0.4, -0.2) is 80.6 Å². The van der Waals surface area contributed by atoms with Crippen LogP contribution in [0.3, 0.4) is 0 Å². The summed E-state index contributed by atoms with van der Waals surface area (Å²) in [5.41, 5.74) is 3.34. The summed E-state index contributed by atoms with van der Waals surface area (Å²) in [6, 6.07) is 0. The maximum Gasteiger partial charge on any atom is 0.171 e. The number of aromatic nitrogens is 8. The van der Waals surface area contributed by atoms with Gasteiger partial charge in [0.15, 0.2) is 23.3 Å². The van der Waals surface area contributed by atoms with Gasteiger partial charge in [-0.25, -0.2) is 29.9 Å². The van der Waals surface area contributed by atoms with Crippen molar-refractivity contribution in [2.45, 2.75) is 19.6 Å². The van der Waals surface area contributed by atoms with Crippen molar-refractivity contribution < 1.29 is 0 Å². The van der Waals surface area contributed by atoms with Gasteiger partial charge < -0.3 is 9.97 Å². The fourth-order valence-electron chi connectivity index (χ4n) is 4.73. The summed E-state index contributed by atoms with van der Waals surface area (Å²) >= 11 is 22.3. The summed E-state index contributed by atoms with van der Waals surface area (Å²) in [6.45, 7) is 0. The van der Waals surface area contributed by atoms with Crippen LogP contribution >= 0.6 is 141 Å². The summed E-state index contributed by atoms with van der Waals surface area (Å²) in [6.07, 6.45) is 0. The monoisotopic (exact) mass is 802 g/mol. The Morgan fingerprint density at radius 1 is 0.318 bits per heavy atom. The Labute approximate surface area is 303 Å².